The van der Waals surface area contributed by atoms with Crippen molar-refractivity contribution in [3.05, 3.63) is 59.7 Å². The average Bonchev–Trinajstić information content (AvgIpc) is 2.70. The molecule has 0 aromatic heterocycles. The van der Waals surface area contributed by atoms with Crippen molar-refractivity contribution < 1.29 is 4.74 Å². The van der Waals surface area contributed by atoms with Gasteiger partial charge in [-0.15, -0.1) is 0 Å². The molecule has 2 rings (SSSR count). The number of unbranched alkanes of at least 4 members (excludes halogenated alkanes) is 5. The van der Waals surface area contributed by atoms with Crippen molar-refractivity contribution in [2.75, 3.05) is 44.6 Å². The third kappa shape index (κ3) is 6.87. The summed E-state index contributed by atoms with van der Waals surface area (Å²) in [7, 11) is 8.28. The molecule has 0 radical (unpaired) electrons. The highest BCUT2D eigenvalue weighted by Gasteiger charge is 2.15. The summed E-state index contributed by atoms with van der Waals surface area (Å²) >= 11 is 0. The highest BCUT2D eigenvalue weighted by molar-refractivity contribution is 5.49. The summed E-state index contributed by atoms with van der Waals surface area (Å²) in [5, 5.41) is 0. The zero-order chi connectivity index (χ0) is 20.4. The van der Waals surface area contributed by atoms with E-state index in [9.17, 15) is 0 Å². The highest BCUT2D eigenvalue weighted by atomic mass is 16.5. The Hall–Kier alpha value is -2.00. The first kappa shape index (κ1) is 22.3. The monoisotopic (exact) mass is 382 g/mol. The SMILES string of the molecule is CCCCCCCCOC(c1ccc(N(C)C)cc1)c1ccc(N(C)C)cc1. The fourth-order valence-electron chi connectivity index (χ4n) is 3.36. The van der Waals surface area contributed by atoms with Gasteiger partial charge in [0, 0.05) is 46.2 Å². The van der Waals surface area contributed by atoms with Crippen molar-refractivity contribution in [3.8, 4) is 0 Å². The summed E-state index contributed by atoms with van der Waals surface area (Å²) in [6, 6.07) is 17.5. The van der Waals surface area contributed by atoms with Gasteiger partial charge >= 0.3 is 0 Å². The largest absolute Gasteiger partial charge is 0.378 e. The van der Waals surface area contributed by atoms with Gasteiger partial charge in [-0.1, -0.05) is 63.3 Å². The van der Waals surface area contributed by atoms with Gasteiger partial charge in [0.2, 0.25) is 0 Å². The Morgan fingerprint density at radius 1 is 0.643 bits per heavy atom. The molecule has 0 spiro atoms. The molecule has 0 bridgehead atoms. The Morgan fingerprint density at radius 3 is 1.50 bits per heavy atom. The predicted molar refractivity (Wildman–Crippen MR) is 123 cm³/mol. The van der Waals surface area contributed by atoms with Gasteiger partial charge in [-0.25, -0.2) is 0 Å². The van der Waals surface area contributed by atoms with Gasteiger partial charge in [0.1, 0.15) is 6.10 Å². The number of rotatable bonds is 12. The molecule has 2 aromatic rings. The van der Waals surface area contributed by atoms with E-state index in [-0.39, 0.29) is 6.10 Å². The molecule has 154 valence electrons. The van der Waals surface area contributed by atoms with Crippen LogP contribution in [0.5, 0.6) is 0 Å². The molecule has 3 nitrogen and oxygen atoms in total. The molecule has 0 aliphatic heterocycles. The van der Waals surface area contributed by atoms with Gasteiger partial charge in [-0.05, 0) is 41.8 Å². The maximum Gasteiger partial charge on any atom is 0.108 e. The van der Waals surface area contributed by atoms with Crippen LogP contribution in [0.15, 0.2) is 48.5 Å². The van der Waals surface area contributed by atoms with Crippen molar-refractivity contribution in [1.29, 1.82) is 0 Å². The Labute approximate surface area is 172 Å². The minimum atomic E-state index is -0.0110. The zero-order valence-corrected chi connectivity index (χ0v) is 18.4. The van der Waals surface area contributed by atoms with E-state index in [0.29, 0.717) is 0 Å². The van der Waals surface area contributed by atoms with Crippen molar-refractivity contribution >= 4 is 11.4 Å². The summed E-state index contributed by atoms with van der Waals surface area (Å²) in [4.78, 5) is 4.25. The van der Waals surface area contributed by atoms with Crippen molar-refractivity contribution in [3.63, 3.8) is 0 Å². The lowest BCUT2D eigenvalue weighted by Crippen LogP contribution is -2.11. The second-order valence-electron chi connectivity index (χ2n) is 7.99. The minimum Gasteiger partial charge on any atom is -0.378 e. The molecular formula is C25H38N2O. The number of nitrogens with zero attached hydrogens (tertiary/aromatic N) is 2. The normalized spacial score (nSPS) is 11.1. The maximum absolute atomic E-state index is 6.39. The van der Waals surface area contributed by atoms with Gasteiger partial charge in [0.25, 0.3) is 0 Å². The van der Waals surface area contributed by atoms with Gasteiger partial charge in [-0.2, -0.15) is 0 Å². The van der Waals surface area contributed by atoms with Crippen LogP contribution in [0, 0.1) is 0 Å². The molecule has 0 aliphatic rings. The Kier molecular flexibility index (Phi) is 9.36. The van der Waals surface area contributed by atoms with Crippen LogP contribution in [-0.4, -0.2) is 34.8 Å². The first-order valence-electron chi connectivity index (χ1n) is 10.7. The fourth-order valence-corrected chi connectivity index (χ4v) is 3.36. The van der Waals surface area contributed by atoms with Crippen LogP contribution in [0.3, 0.4) is 0 Å². The first-order chi connectivity index (χ1) is 13.5. The Morgan fingerprint density at radius 2 is 1.07 bits per heavy atom. The van der Waals surface area contributed by atoms with Crippen molar-refractivity contribution in [1.82, 2.24) is 0 Å². The molecular weight excluding hydrogens is 344 g/mol. The molecule has 0 fully saturated rings. The molecule has 0 saturated heterocycles. The zero-order valence-electron chi connectivity index (χ0n) is 18.4. The summed E-state index contributed by atoms with van der Waals surface area (Å²) < 4.78 is 6.39. The van der Waals surface area contributed by atoms with E-state index in [2.05, 4.69) is 93.4 Å². The van der Waals surface area contributed by atoms with E-state index >= 15 is 0 Å². The lowest BCUT2D eigenvalue weighted by Gasteiger charge is -2.21. The van der Waals surface area contributed by atoms with Crippen LogP contribution in [0.4, 0.5) is 11.4 Å². The molecule has 0 unspecified atom stereocenters. The second kappa shape index (κ2) is 11.8. The summed E-state index contributed by atoms with van der Waals surface area (Å²) in [6.45, 7) is 3.07. The van der Waals surface area contributed by atoms with Crippen molar-refractivity contribution in [2.24, 2.45) is 0 Å². The van der Waals surface area contributed by atoms with E-state index in [4.69, 9.17) is 4.74 Å². The predicted octanol–water partition coefficient (Wildman–Crippen LogP) is 6.29. The standard InChI is InChI=1S/C25H38N2O/c1-6-7-8-9-10-11-20-28-25(21-12-16-23(17-13-21)26(2)3)22-14-18-24(19-15-22)27(4)5/h12-19,25H,6-11,20H2,1-5H3. The minimum absolute atomic E-state index is 0.0110. The smallest absolute Gasteiger partial charge is 0.108 e. The summed E-state index contributed by atoms with van der Waals surface area (Å²) in [6.07, 6.45) is 7.68. The maximum atomic E-state index is 6.39. The lowest BCUT2D eigenvalue weighted by atomic mass is 10.0. The van der Waals surface area contributed by atoms with Gasteiger partial charge in [-0.3, -0.25) is 0 Å². The molecule has 0 saturated carbocycles. The topological polar surface area (TPSA) is 15.7 Å². The number of hydrogen-bond acceptors (Lipinski definition) is 3. The van der Waals surface area contributed by atoms with Gasteiger partial charge in [0.05, 0.1) is 0 Å². The van der Waals surface area contributed by atoms with Crippen LogP contribution in [0.25, 0.3) is 0 Å². The number of ether oxygens (including phenoxy) is 1. The number of hydrogen-bond donors (Lipinski definition) is 0. The van der Waals surface area contributed by atoms with E-state index < -0.39 is 0 Å². The van der Waals surface area contributed by atoms with Crippen molar-refractivity contribution in [2.45, 2.75) is 51.6 Å². The Bertz CT molecular complexity index is 610. The number of benzene rings is 2. The molecule has 28 heavy (non-hydrogen) atoms. The quantitative estimate of drug-likeness (QED) is 0.401. The van der Waals surface area contributed by atoms with E-state index in [1.807, 2.05) is 0 Å². The van der Waals surface area contributed by atoms with Crippen LogP contribution in [0.2, 0.25) is 0 Å². The van der Waals surface area contributed by atoms with Crippen LogP contribution in [-0.2, 0) is 4.74 Å². The molecule has 0 amide bonds. The van der Waals surface area contributed by atoms with Crippen LogP contribution < -0.4 is 9.80 Å². The van der Waals surface area contributed by atoms with Crippen LogP contribution in [0.1, 0.15) is 62.7 Å². The average molecular weight is 383 g/mol. The first-order valence-corrected chi connectivity index (χ1v) is 10.7. The molecule has 3 heteroatoms. The molecule has 0 N–H and O–H groups in total. The molecule has 0 atom stereocenters. The van der Waals surface area contributed by atoms with E-state index in [1.54, 1.807) is 0 Å². The summed E-state index contributed by atoms with van der Waals surface area (Å²) in [5.41, 5.74) is 4.85. The van der Waals surface area contributed by atoms with E-state index in [0.717, 1.165) is 13.0 Å². The van der Waals surface area contributed by atoms with Gasteiger partial charge < -0.3 is 14.5 Å². The third-order valence-corrected chi connectivity index (χ3v) is 5.21. The lowest BCUT2D eigenvalue weighted by molar-refractivity contribution is 0.0768. The molecule has 2 aromatic carbocycles. The van der Waals surface area contributed by atoms with E-state index in [1.165, 1.54) is 54.6 Å². The number of anilines is 2. The van der Waals surface area contributed by atoms with Crippen LogP contribution >= 0.6 is 0 Å². The molecule has 0 heterocycles. The highest BCUT2D eigenvalue weighted by Crippen LogP contribution is 2.29. The fraction of sp³-hybridized carbons (Fsp3) is 0.520. The second-order valence-corrected chi connectivity index (χ2v) is 7.99. The molecule has 0 aliphatic carbocycles. The Balaban J connectivity index is 2.06. The van der Waals surface area contributed by atoms with Gasteiger partial charge in [0.15, 0.2) is 0 Å². The third-order valence-electron chi connectivity index (χ3n) is 5.21. The summed E-state index contributed by atoms with van der Waals surface area (Å²) in [5.74, 6) is 0.